The summed E-state index contributed by atoms with van der Waals surface area (Å²) in [6.07, 6.45) is 5.12. The molecule has 6 heteroatoms. The van der Waals surface area contributed by atoms with E-state index in [1.807, 2.05) is 54.7 Å². The van der Waals surface area contributed by atoms with E-state index < -0.39 is 0 Å². The minimum Gasteiger partial charge on any atom is -0.490 e. The van der Waals surface area contributed by atoms with Gasteiger partial charge >= 0.3 is 0 Å². The molecule has 0 aliphatic carbocycles. The average Bonchev–Trinajstić information content (AvgIpc) is 2.72. The summed E-state index contributed by atoms with van der Waals surface area (Å²) >= 11 is 6.00. The molecule has 0 radical (unpaired) electrons. The monoisotopic (exact) mass is 395 g/mol. The van der Waals surface area contributed by atoms with Crippen LogP contribution in [-0.2, 0) is 11.3 Å². The van der Waals surface area contributed by atoms with Crippen molar-refractivity contribution < 1.29 is 9.53 Å². The average molecular weight is 396 g/mol. The molecule has 1 amide bonds. The van der Waals surface area contributed by atoms with Crippen LogP contribution in [0.1, 0.15) is 18.4 Å². The molecule has 0 bridgehead atoms. The lowest BCUT2D eigenvalue weighted by Gasteiger charge is -2.30. The van der Waals surface area contributed by atoms with E-state index in [-0.39, 0.29) is 18.1 Å². The smallest absolute Gasteiger partial charge is 0.237 e. The van der Waals surface area contributed by atoms with Crippen molar-refractivity contribution in [3.63, 3.8) is 0 Å². The molecule has 0 unspecified atom stereocenters. The van der Waals surface area contributed by atoms with Crippen molar-refractivity contribution in [2.75, 3.05) is 6.54 Å². The number of nitrogens with one attached hydrogen (secondary N) is 2. The second-order valence-corrected chi connectivity index (χ2v) is 7.44. The van der Waals surface area contributed by atoms with Gasteiger partial charge in [-0.15, -0.1) is 0 Å². The van der Waals surface area contributed by atoms with Gasteiger partial charge in [-0.1, -0.05) is 23.7 Å². The van der Waals surface area contributed by atoms with Gasteiger partial charge in [0.15, 0.2) is 0 Å². The number of hydrogen-bond acceptors (Lipinski definition) is 4. The summed E-state index contributed by atoms with van der Waals surface area (Å²) in [6, 6.07) is 15.2. The van der Waals surface area contributed by atoms with Crippen LogP contribution < -0.4 is 15.4 Å². The van der Waals surface area contributed by atoms with E-state index in [0.29, 0.717) is 18.0 Å². The molecule has 2 N–H and O–H groups in total. The first-order chi connectivity index (χ1) is 13.7. The van der Waals surface area contributed by atoms with Gasteiger partial charge in [0.1, 0.15) is 11.9 Å². The Morgan fingerprint density at radius 1 is 1.21 bits per heavy atom. The van der Waals surface area contributed by atoms with E-state index >= 15 is 0 Å². The number of aromatic nitrogens is 1. The van der Waals surface area contributed by atoms with Gasteiger partial charge in [-0.2, -0.15) is 0 Å². The maximum Gasteiger partial charge on any atom is 0.237 e. The Labute approximate surface area is 169 Å². The molecular weight excluding hydrogens is 374 g/mol. The van der Waals surface area contributed by atoms with Gasteiger partial charge in [-0.05, 0) is 60.3 Å². The number of hydrogen-bond donors (Lipinski definition) is 2. The van der Waals surface area contributed by atoms with E-state index in [2.05, 4.69) is 15.6 Å². The van der Waals surface area contributed by atoms with Gasteiger partial charge in [0.25, 0.3) is 0 Å². The lowest BCUT2D eigenvalue weighted by molar-refractivity contribution is -0.124. The molecule has 144 valence electrons. The number of pyridine rings is 1. The number of nitrogens with zero attached hydrogens (tertiary/aromatic N) is 1. The summed E-state index contributed by atoms with van der Waals surface area (Å²) in [5.74, 6) is 0.807. The minimum atomic E-state index is -0.261. The Morgan fingerprint density at radius 2 is 2.14 bits per heavy atom. The highest BCUT2D eigenvalue weighted by Crippen LogP contribution is 2.23. The van der Waals surface area contributed by atoms with E-state index in [0.717, 1.165) is 35.1 Å². The molecule has 28 heavy (non-hydrogen) atoms. The van der Waals surface area contributed by atoms with E-state index in [9.17, 15) is 4.79 Å². The number of halogens is 1. The fourth-order valence-electron chi connectivity index (χ4n) is 3.48. The third kappa shape index (κ3) is 4.61. The number of fused-ring (bicyclic) bond motifs is 1. The number of piperidine rings is 1. The van der Waals surface area contributed by atoms with Crippen molar-refractivity contribution in [3.8, 4) is 5.75 Å². The summed E-state index contributed by atoms with van der Waals surface area (Å²) in [5.41, 5.74) is 0.982. The predicted molar refractivity (Wildman–Crippen MR) is 110 cm³/mol. The first kappa shape index (κ1) is 18.7. The summed E-state index contributed by atoms with van der Waals surface area (Å²) < 4.78 is 6.16. The lowest BCUT2D eigenvalue weighted by atomic mass is 10.0. The highest BCUT2D eigenvalue weighted by Gasteiger charge is 2.28. The first-order valence-corrected chi connectivity index (χ1v) is 9.81. The van der Waals surface area contributed by atoms with Crippen molar-refractivity contribution in [1.29, 1.82) is 0 Å². The Kier molecular flexibility index (Phi) is 5.74. The highest BCUT2D eigenvalue weighted by atomic mass is 35.5. The van der Waals surface area contributed by atoms with Crippen LogP contribution in [0.5, 0.6) is 5.75 Å². The molecule has 0 saturated carbocycles. The quantitative estimate of drug-likeness (QED) is 0.691. The predicted octanol–water partition coefficient (Wildman–Crippen LogP) is 3.70. The van der Waals surface area contributed by atoms with Crippen molar-refractivity contribution >= 4 is 28.3 Å². The third-order valence-electron chi connectivity index (χ3n) is 4.94. The molecule has 1 aliphatic heterocycles. The van der Waals surface area contributed by atoms with Crippen molar-refractivity contribution in [1.82, 2.24) is 15.6 Å². The lowest BCUT2D eigenvalue weighted by Crippen LogP contribution is -2.50. The third-order valence-corrected chi connectivity index (χ3v) is 5.18. The maximum absolute atomic E-state index is 12.6. The van der Waals surface area contributed by atoms with Crippen LogP contribution in [0.2, 0.25) is 5.02 Å². The van der Waals surface area contributed by atoms with E-state index in [1.54, 1.807) is 6.20 Å². The summed E-state index contributed by atoms with van der Waals surface area (Å²) in [4.78, 5) is 16.7. The van der Waals surface area contributed by atoms with Crippen molar-refractivity contribution in [2.45, 2.75) is 31.5 Å². The van der Waals surface area contributed by atoms with Gasteiger partial charge < -0.3 is 15.4 Å². The van der Waals surface area contributed by atoms with Gasteiger partial charge in [-0.25, -0.2) is 0 Å². The summed E-state index contributed by atoms with van der Waals surface area (Å²) in [7, 11) is 0. The molecular formula is C22H22ClN3O2. The van der Waals surface area contributed by atoms with E-state index in [4.69, 9.17) is 16.3 Å². The Balaban J connectivity index is 1.34. The number of rotatable bonds is 5. The van der Waals surface area contributed by atoms with Crippen LogP contribution in [-0.4, -0.2) is 29.6 Å². The highest BCUT2D eigenvalue weighted by molar-refractivity contribution is 6.30. The number of amides is 1. The molecule has 0 spiro atoms. The second-order valence-electron chi connectivity index (χ2n) is 7.00. The summed E-state index contributed by atoms with van der Waals surface area (Å²) in [5, 5.41) is 9.11. The Hall–Kier alpha value is -2.63. The molecule has 2 atom stereocenters. The first-order valence-electron chi connectivity index (χ1n) is 9.43. The van der Waals surface area contributed by atoms with Crippen molar-refractivity contribution in [3.05, 3.63) is 71.5 Å². The summed E-state index contributed by atoms with van der Waals surface area (Å²) in [6.45, 7) is 1.21. The maximum atomic E-state index is 12.6. The van der Waals surface area contributed by atoms with Crippen LogP contribution in [0.15, 0.2) is 60.9 Å². The number of carbonyl (C=O) groups excluding carboxylic acids is 1. The van der Waals surface area contributed by atoms with Crippen molar-refractivity contribution in [2.24, 2.45) is 0 Å². The normalized spacial score (nSPS) is 19.3. The Morgan fingerprint density at radius 3 is 3.04 bits per heavy atom. The fourth-order valence-corrected chi connectivity index (χ4v) is 3.69. The Bertz CT molecular complexity index is 979. The zero-order valence-corrected chi connectivity index (χ0v) is 16.2. The molecule has 1 fully saturated rings. The second kappa shape index (κ2) is 8.59. The van der Waals surface area contributed by atoms with E-state index in [1.165, 1.54) is 0 Å². The minimum absolute atomic E-state index is 0.00227. The van der Waals surface area contributed by atoms with Crippen LogP contribution in [0.3, 0.4) is 0 Å². The SMILES string of the molecule is O=C(NCc1cccc(Cl)c1)[C@H]1C[C@H](Oc2ccc3cnccc3c2)CCN1. The van der Waals surface area contributed by atoms with Crippen LogP contribution in [0.25, 0.3) is 10.8 Å². The molecule has 2 heterocycles. The zero-order chi connectivity index (χ0) is 19.3. The van der Waals surface area contributed by atoms with Crippen LogP contribution >= 0.6 is 11.6 Å². The molecule has 4 rings (SSSR count). The van der Waals surface area contributed by atoms with Gasteiger partial charge in [-0.3, -0.25) is 9.78 Å². The molecule has 5 nitrogen and oxygen atoms in total. The number of carbonyl (C=O) groups is 1. The van der Waals surface area contributed by atoms with Crippen LogP contribution in [0, 0.1) is 0 Å². The number of ether oxygens (including phenoxy) is 1. The molecule has 1 saturated heterocycles. The zero-order valence-electron chi connectivity index (χ0n) is 15.4. The van der Waals surface area contributed by atoms with Gasteiger partial charge in [0.2, 0.25) is 5.91 Å². The van der Waals surface area contributed by atoms with Gasteiger partial charge in [0.05, 0.1) is 6.04 Å². The van der Waals surface area contributed by atoms with Gasteiger partial charge in [0, 0.05) is 35.8 Å². The molecule has 1 aliphatic rings. The fraction of sp³-hybridized carbons (Fsp3) is 0.273. The topological polar surface area (TPSA) is 63.2 Å². The molecule has 3 aromatic rings. The number of benzene rings is 2. The largest absolute Gasteiger partial charge is 0.490 e. The van der Waals surface area contributed by atoms with Crippen LogP contribution in [0.4, 0.5) is 0 Å². The molecule has 2 aromatic carbocycles. The molecule has 1 aromatic heterocycles. The standard InChI is InChI=1S/C22H22ClN3O2/c23-18-3-1-2-15(10-18)13-26-22(27)21-12-20(7-9-25-21)28-19-5-4-17-14-24-8-6-16(17)11-19/h1-6,8,10-11,14,20-21,25H,7,9,12-13H2,(H,26,27)/t20-,21-/m1/s1.